The number of carboxylic acid groups (broad SMARTS) is 1. The summed E-state index contributed by atoms with van der Waals surface area (Å²) in [6, 6.07) is 7.07. The molecule has 0 saturated carbocycles. The van der Waals surface area contributed by atoms with Crippen molar-refractivity contribution >= 4 is 29.6 Å². The summed E-state index contributed by atoms with van der Waals surface area (Å²) in [6.07, 6.45) is 3.08. The van der Waals surface area contributed by atoms with Crippen molar-refractivity contribution in [1.82, 2.24) is 4.90 Å². The number of halogens is 1. The van der Waals surface area contributed by atoms with Gasteiger partial charge >= 0.3 is 5.97 Å². The number of nitrogens with zero attached hydrogens (tertiary/aromatic N) is 1. The smallest absolute Gasteiger partial charge is 0.308 e. The SMILES string of the molecule is CC(CN(C)C(=O)/C=C/c1ccc(Cl)cc1)C(=O)O. The number of rotatable bonds is 5. The summed E-state index contributed by atoms with van der Waals surface area (Å²) < 4.78 is 0. The maximum atomic E-state index is 11.8. The van der Waals surface area contributed by atoms with Crippen molar-refractivity contribution in [2.75, 3.05) is 13.6 Å². The fourth-order valence-corrected chi connectivity index (χ4v) is 1.57. The van der Waals surface area contributed by atoms with Gasteiger partial charge in [-0.15, -0.1) is 0 Å². The molecular formula is C14H16ClNO3. The Labute approximate surface area is 117 Å². The number of carboxylic acids is 1. The quantitative estimate of drug-likeness (QED) is 0.844. The monoisotopic (exact) mass is 281 g/mol. The van der Waals surface area contributed by atoms with Crippen LogP contribution in [0.25, 0.3) is 6.08 Å². The molecule has 19 heavy (non-hydrogen) atoms. The van der Waals surface area contributed by atoms with Gasteiger partial charge in [0.15, 0.2) is 0 Å². The Morgan fingerprint density at radius 2 is 1.95 bits per heavy atom. The van der Waals surface area contributed by atoms with Gasteiger partial charge < -0.3 is 10.0 Å². The molecule has 1 amide bonds. The van der Waals surface area contributed by atoms with Crippen LogP contribution in [-0.4, -0.2) is 35.5 Å². The first-order valence-electron chi connectivity index (χ1n) is 5.81. The fourth-order valence-electron chi connectivity index (χ4n) is 1.45. The first-order chi connectivity index (χ1) is 8.90. The second-order valence-electron chi connectivity index (χ2n) is 4.34. The van der Waals surface area contributed by atoms with Gasteiger partial charge in [0.1, 0.15) is 0 Å². The van der Waals surface area contributed by atoms with E-state index in [1.807, 2.05) is 0 Å². The molecule has 0 spiro atoms. The van der Waals surface area contributed by atoms with Gasteiger partial charge in [-0.2, -0.15) is 0 Å². The highest BCUT2D eigenvalue weighted by atomic mass is 35.5. The van der Waals surface area contributed by atoms with E-state index in [4.69, 9.17) is 16.7 Å². The Kier molecular flexibility index (Phi) is 5.57. The molecular weight excluding hydrogens is 266 g/mol. The van der Waals surface area contributed by atoms with Crippen LogP contribution in [0.2, 0.25) is 5.02 Å². The van der Waals surface area contributed by atoms with Gasteiger partial charge in [-0.3, -0.25) is 9.59 Å². The lowest BCUT2D eigenvalue weighted by Crippen LogP contribution is -2.32. The molecule has 0 aliphatic heterocycles. The van der Waals surface area contributed by atoms with Crippen LogP contribution in [0.1, 0.15) is 12.5 Å². The number of aliphatic carboxylic acids is 1. The van der Waals surface area contributed by atoms with Crippen molar-refractivity contribution in [2.24, 2.45) is 5.92 Å². The van der Waals surface area contributed by atoms with Gasteiger partial charge in [0.25, 0.3) is 0 Å². The average molecular weight is 282 g/mol. The van der Waals surface area contributed by atoms with E-state index in [9.17, 15) is 9.59 Å². The molecule has 1 unspecified atom stereocenters. The average Bonchev–Trinajstić information content (AvgIpc) is 2.37. The van der Waals surface area contributed by atoms with Crippen molar-refractivity contribution in [3.05, 3.63) is 40.9 Å². The van der Waals surface area contributed by atoms with Crippen LogP contribution in [0, 0.1) is 5.92 Å². The Balaban J connectivity index is 2.58. The lowest BCUT2D eigenvalue weighted by atomic mass is 10.1. The minimum atomic E-state index is -0.915. The van der Waals surface area contributed by atoms with E-state index in [0.29, 0.717) is 5.02 Å². The Morgan fingerprint density at radius 3 is 2.47 bits per heavy atom. The van der Waals surface area contributed by atoms with Crippen LogP contribution in [0.4, 0.5) is 0 Å². The maximum absolute atomic E-state index is 11.8. The summed E-state index contributed by atoms with van der Waals surface area (Å²) in [6.45, 7) is 1.74. The van der Waals surface area contributed by atoms with Crippen LogP contribution in [0.5, 0.6) is 0 Å². The summed E-state index contributed by atoms with van der Waals surface area (Å²) in [7, 11) is 1.58. The predicted molar refractivity (Wildman–Crippen MR) is 74.9 cm³/mol. The van der Waals surface area contributed by atoms with E-state index in [1.54, 1.807) is 44.3 Å². The van der Waals surface area contributed by atoms with Gasteiger partial charge in [-0.25, -0.2) is 0 Å². The van der Waals surface area contributed by atoms with Crippen molar-refractivity contribution in [3.63, 3.8) is 0 Å². The molecule has 0 aliphatic carbocycles. The summed E-state index contributed by atoms with van der Waals surface area (Å²) in [5.41, 5.74) is 0.859. The molecule has 1 aromatic rings. The van der Waals surface area contributed by atoms with E-state index in [0.717, 1.165) is 5.56 Å². The Hall–Kier alpha value is -1.81. The van der Waals surface area contributed by atoms with E-state index in [-0.39, 0.29) is 12.5 Å². The number of carbonyl (C=O) groups is 2. The highest BCUT2D eigenvalue weighted by Crippen LogP contribution is 2.10. The first kappa shape index (κ1) is 15.2. The van der Waals surface area contributed by atoms with Crippen LogP contribution >= 0.6 is 11.6 Å². The van der Waals surface area contributed by atoms with Crippen LogP contribution in [0.3, 0.4) is 0 Å². The molecule has 5 heteroatoms. The van der Waals surface area contributed by atoms with Gasteiger partial charge in [0, 0.05) is 24.7 Å². The molecule has 0 fully saturated rings. The molecule has 1 rings (SSSR count). The second-order valence-corrected chi connectivity index (χ2v) is 4.78. The Morgan fingerprint density at radius 1 is 1.37 bits per heavy atom. The molecule has 0 radical (unpaired) electrons. The van der Waals surface area contributed by atoms with Crippen LogP contribution < -0.4 is 0 Å². The van der Waals surface area contributed by atoms with Crippen molar-refractivity contribution in [1.29, 1.82) is 0 Å². The minimum Gasteiger partial charge on any atom is -0.481 e. The summed E-state index contributed by atoms with van der Waals surface area (Å²) in [5, 5.41) is 9.41. The number of hydrogen-bond donors (Lipinski definition) is 1. The van der Waals surface area contributed by atoms with Gasteiger partial charge in [-0.1, -0.05) is 30.7 Å². The molecule has 1 aromatic carbocycles. The third kappa shape index (κ3) is 5.14. The van der Waals surface area contributed by atoms with E-state index in [1.165, 1.54) is 11.0 Å². The third-order valence-corrected chi connectivity index (χ3v) is 2.89. The van der Waals surface area contributed by atoms with Crippen molar-refractivity contribution in [3.8, 4) is 0 Å². The zero-order chi connectivity index (χ0) is 14.4. The molecule has 0 aromatic heterocycles. The van der Waals surface area contributed by atoms with Crippen molar-refractivity contribution < 1.29 is 14.7 Å². The standard InChI is InChI=1S/C14H16ClNO3/c1-10(14(18)19)9-16(2)13(17)8-5-11-3-6-12(15)7-4-11/h3-8,10H,9H2,1-2H3,(H,18,19)/b8-5+. The zero-order valence-corrected chi connectivity index (χ0v) is 11.6. The highest BCUT2D eigenvalue weighted by molar-refractivity contribution is 6.30. The highest BCUT2D eigenvalue weighted by Gasteiger charge is 2.15. The zero-order valence-electron chi connectivity index (χ0n) is 10.8. The normalized spacial score (nSPS) is 12.4. The number of likely N-dealkylation sites (N-methyl/N-ethyl adjacent to an activating group) is 1. The molecule has 4 nitrogen and oxygen atoms in total. The number of hydrogen-bond acceptors (Lipinski definition) is 2. The summed E-state index contributed by atoms with van der Waals surface area (Å²) in [5.74, 6) is -1.73. The van der Waals surface area contributed by atoms with E-state index >= 15 is 0 Å². The summed E-state index contributed by atoms with van der Waals surface area (Å²) >= 11 is 5.76. The topological polar surface area (TPSA) is 57.6 Å². The molecule has 102 valence electrons. The van der Waals surface area contributed by atoms with Crippen molar-refractivity contribution in [2.45, 2.75) is 6.92 Å². The first-order valence-corrected chi connectivity index (χ1v) is 6.19. The minimum absolute atomic E-state index is 0.180. The lowest BCUT2D eigenvalue weighted by Gasteiger charge is -2.17. The summed E-state index contributed by atoms with van der Waals surface area (Å²) in [4.78, 5) is 23.8. The van der Waals surface area contributed by atoms with Gasteiger partial charge in [0.05, 0.1) is 5.92 Å². The molecule has 1 atom stereocenters. The predicted octanol–water partition coefficient (Wildman–Crippen LogP) is 2.53. The van der Waals surface area contributed by atoms with Crippen LogP contribution in [0.15, 0.2) is 30.3 Å². The number of benzene rings is 1. The largest absolute Gasteiger partial charge is 0.481 e. The fraction of sp³-hybridized carbons (Fsp3) is 0.286. The number of carbonyl (C=O) groups excluding carboxylic acids is 1. The second kappa shape index (κ2) is 6.95. The molecule has 1 N–H and O–H groups in total. The van der Waals surface area contributed by atoms with Gasteiger partial charge in [-0.05, 0) is 23.8 Å². The maximum Gasteiger partial charge on any atom is 0.308 e. The number of amides is 1. The van der Waals surface area contributed by atoms with E-state index in [2.05, 4.69) is 0 Å². The van der Waals surface area contributed by atoms with Crippen LogP contribution in [-0.2, 0) is 9.59 Å². The van der Waals surface area contributed by atoms with E-state index < -0.39 is 11.9 Å². The molecule has 0 aliphatic rings. The molecule has 0 bridgehead atoms. The molecule has 0 heterocycles. The van der Waals surface area contributed by atoms with Gasteiger partial charge in [0.2, 0.25) is 5.91 Å². The molecule has 0 saturated heterocycles. The third-order valence-electron chi connectivity index (χ3n) is 2.63. The Bertz CT molecular complexity index is 482. The lowest BCUT2D eigenvalue weighted by molar-refractivity contribution is -0.142.